The Morgan fingerprint density at radius 3 is 2.38 bits per heavy atom. The van der Waals surface area contributed by atoms with Crippen LogP contribution in [0.25, 0.3) is 0 Å². The Balaban J connectivity index is 2.28. The quantitative estimate of drug-likeness (QED) is 0.598. The zero-order valence-electron chi connectivity index (χ0n) is 7.20. The molecule has 4 heteroatoms. The lowest BCUT2D eigenvalue weighted by Gasteiger charge is -2.17. The highest BCUT2D eigenvalue weighted by Gasteiger charge is 2.12. The summed E-state index contributed by atoms with van der Waals surface area (Å²) in [4.78, 5) is 0. The number of aromatic hydroxyl groups is 2. The zero-order valence-corrected chi connectivity index (χ0v) is 7.20. The molecule has 2 rings (SSSR count). The average Bonchev–Trinajstić information content (AvgIpc) is 2.53. The van der Waals surface area contributed by atoms with E-state index in [4.69, 9.17) is 0 Å². The molecule has 1 aliphatic heterocycles. The second-order valence-corrected chi connectivity index (χ2v) is 3.12. The molecule has 0 saturated carbocycles. The number of phenolic OH excluding ortho intramolecular Hbond substituents is 2. The molecule has 0 bridgehead atoms. The van der Waals surface area contributed by atoms with Crippen molar-refractivity contribution in [2.45, 2.75) is 6.42 Å². The Hall–Kier alpha value is -1.42. The smallest absolute Gasteiger partial charge is 0.121 e. The van der Waals surface area contributed by atoms with Gasteiger partial charge in [-0.25, -0.2) is 5.43 Å². The summed E-state index contributed by atoms with van der Waals surface area (Å²) < 4.78 is 0. The summed E-state index contributed by atoms with van der Waals surface area (Å²) in [6.07, 6.45) is 1.08. The molecule has 1 aromatic carbocycles. The lowest BCUT2D eigenvalue weighted by molar-refractivity contribution is 0.450. The fraction of sp³-hybridized carbons (Fsp3) is 0.333. The number of benzene rings is 1. The van der Waals surface area contributed by atoms with Crippen molar-refractivity contribution >= 4 is 5.69 Å². The summed E-state index contributed by atoms with van der Waals surface area (Å²) in [7, 11) is 0. The minimum absolute atomic E-state index is 0.0868. The molecule has 1 fully saturated rings. The van der Waals surface area contributed by atoms with Crippen molar-refractivity contribution in [2.24, 2.45) is 0 Å². The number of hydrazine groups is 1. The highest BCUT2D eigenvalue weighted by molar-refractivity contribution is 5.54. The Labute approximate surface area is 76.4 Å². The maximum atomic E-state index is 9.24. The molecule has 0 amide bonds. The maximum absolute atomic E-state index is 9.24. The number of anilines is 1. The van der Waals surface area contributed by atoms with Crippen LogP contribution in [-0.2, 0) is 0 Å². The number of nitrogens with zero attached hydrogens (tertiary/aromatic N) is 1. The van der Waals surface area contributed by atoms with Gasteiger partial charge >= 0.3 is 0 Å². The molecule has 3 N–H and O–H groups in total. The van der Waals surface area contributed by atoms with E-state index in [1.807, 2.05) is 5.01 Å². The molecular weight excluding hydrogens is 168 g/mol. The first-order valence-electron chi connectivity index (χ1n) is 4.30. The van der Waals surface area contributed by atoms with Crippen molar-refractivity contribution < 1.29 is 10.2 Å². The molecule has 1 heterocycles. The molecule has 13 heavy (non-hydrogen) atoms. The first-order valence-corrected chi connectivity index (χ1v) is 4.30. The zero-order chi connectivity index (χ0) is 9.26. The van der Waals surface area contributed by atoms with Gasteiger partial charge in [0.15, 0.2) is 0 Å². The van der Waals surface area contributed by atoms with Gasteiger partial charge in [0, 0.05) is 31.3 Å². The Morgan fingerprint density at radius 1 is 1.15 bits per heavy atom. The summed E-state index contributed by atoms with van der Waals surface area (Å²) in [6, 6.07) is 4.57. The van der Waals surface area contributed by atoms with Crippen molar-refractivity contribution in [3.8, 4) is 11.5 Å². The third-order valence-electron chi connectivity index (χ3n) is 2.06. The monoisotopic (exact) mass is 180 g/mol. The first kappa shape index (κ1) is 8.19. The maximum Gasteiger partial charge on any atom is 0.121 e. The second kappa shape index (κ2) is 3.14. The van der Waals surface area contributed by atoms with E-state index < -0.39 is 0 Å². The molecular formula is C9H12N2O2. The summed E-state index contributed by atoms with van der Waals surface area (Å²) in [5.41, 5.74) is 3.94. The van der Waals surface area contributed by atoms with E-state index in [0.717, 1.165) is 25.2 Å². The summed E-state index contributed by atoms with van der Waals surface area (Å²) >= 11 is 0. The first-order chi connectivity index (χ1) is 6.25. The molecule has 1 aliphatic rings. The summed E-state index contributed by atoms with van der Waals surface area (Å²) in [5.74, 6) is 0.174. The lowest BCUT2D eigenvalue weighted by atomic mass is 10.2. The van der Waals surface area contributed by atoms with Gasteiger partial charge in [-0.1, -0.05) is 0 Å². The van der Waals surface area contributed by atoms with Gasteiger partial charge in [-0.15, -0.1) is 0 Å². The van der Waals surface area contributed by atoms with Crippen molar-refractivity contribution in [1.82, 2.24) is 5.43 Å². The van der Waals surface area contributed by atoms with Gasteiger partial charge in [-0.05, 0) is 6.42 Å². The number of hydrogen-bond acceptors (Lipinski definition) is 4. The van der Waals surface area contributed by atoms with Crippen LogP contribution in [0.1, 0.15) is 6.42 Å². The van der Waals surface area contributed by atoms with Crippen LogP contribution in [0.3, 0.4) is 0 Å². The molecule has 0 atom stereocenters. The van der Waals surface area contributed by atoms with Gasteiger partial charge in [-0.2, -0.15) is 0 Å². The standard InChI is InChI=1S/C9H12N2O2/c12-8-4-7(5-9(13)6-8)11-3-1-2-10-11/h4-6,10,12-13H,1-3H2. The van der Waals surface area contributed by atoms with Gasteiger partial charge in [0.2, 0.25) is 0 Å². The number of hydrogen-bond donors (Lipinski definition) is 3. The molecule has 0 radical (unpaired) electrons. The van der Waals surface area contributed by atoms with Crippen molar-refractivity contribution in [1.29, 1.82) is 0 Å². The van der Waals surface area contributed by atoms with Crippen molar-refractivity contribution in [3.05, 3.63) is 18.2 Å². The largest absolute Gasteiger partial charge is 0.508 e. The molecule has 4 nitrogen and oxygen atoms in total. The van der Waals surface area contributed by atoms with E-state index in [-0.39, 0.29) is 11.5 Å². The van der Waals surface area contributed by atoms with Crippen LogP contribution in [0.5, 0.6) is 11.5 Å². The van der Waals surface area contributed by atoms with Crippen LogP contribution < -0.4 is 10.4 Å². The SMILES string of the molecule is Oc1cc(O)cc(N2CCCN2)c1. The topological polar surface area (TPSA) is 55.7 Å². The van der Waals surface area contributed by atoms with E-state index >= 15 is 0 Å². The highest BCUT2D eigenvalue weighted by Crippen LogP contribution is 2.26. The summed E-state index contributed by atoms with van der Waals surface area (Å²) in [5, 5.41) is 20.4. The molecule has 0 spiro atoms. The van der Waals surface area contributed by atoms with Gasteiger partial charge in [0.25, 0.3) is 0 Å². The van der Waals surface area contributed by atoms with Crippen LogP contribution in [-0.4, -0.2) is 23.3 Å². The van der Waals surface area contributed by atoms with Gasteiger partial charge < -0.3 is 15.2 Å². The fourth-order valence-corrected chi connectivity index (χ4v) is 1.49. The van der Waals surface area contributed by atoms with Gasteiger partial charge in [-0.3, -0.25) is 0 Å². The van der Waals surface area contributed by atoms with Crippen molar-refractivity contribution in [3.63, 3.8) is 0 Å². The Morgan fingerprint density at radius 2 is 1.85 bits per heavy atom. The molecule has 0 unspecified atom stereocenters. The number of rotatable bonds is 1. The predicted octanol–water partition coefficient (Wildman–Crippen LogP) is 0.812. The average molecular weight is 180 g/mol. The molecule has 0 aliphatic carbocycles. The Bertz CT molecular complexity index is 288. The molecule has 0 aromatic heterocycles. The van der Waals surface area contributed by atoms with Crippen LogP contribution in [0, 0.1) is 0 Å². The van der Waals surface area contributed by atoms with Crippen LogP contribution in [0.15, 0.2) is 18.2 Å². The van der Waals surface area contributed by atoms with E-state index in [2.05, 4.69) is 5.43 Å². The minimum Gasteiger partial charge on any atom is -0.508 e. The van der Waals surface area contributed by atoms with Gasteiger partial charge in [0.05, 0.1) is 5.69 Å². The van der Waals surface area contributed by atoms with E-state index in [0.29, 0.717) is 0 Å². The van der Waals surface area contributed by atoms with E-state index in [9.17, 15) is 10.2 Å². The Kier molecular flexibility index (Phi) is 1.98. The molecule has 1 saturated heterocycles. The van der Waals surface area contributed by atoms with E-state index in [1.54, 1.807) is 12.1 Å². The summed E-state index contributed by atoms with van der Waals surface area (Å²) in [6.45, 7) is 1.85. The predicted molar refractivity (Wildman–Crippen MR) is 49.7 cm³/mol. The second-order valence-electron chi connectivity index (χ2n) is 3.12. The number of nitrogens with one attached hydrogen (secondary N) is 1. The third kappa shape index (κ3) is 1.67. The third-order valence-corrected chi connectivity index (χ3v) is 2.06. The van der Waals surface area contributed by atoms with E-state index in [1.165, 1.54) is 6.07 Å². The minimum atomic E-state index is 0.0868. The van der Waals surface area contributed by atoms with Crippen LogP contribution in [0.2, 0.25) is 0 Å². The van der Waals surface area contributed by atoms with Crippen molar-refractivity contribution in [2.75, 3.05) is 18.1 Å². The lowest BCUT2D eigenvalue weighted by Crippen LogP contribution is -2.30. The molecule has 70 valence electrons. The normalized spacial score (nSPS) is 16.5. The highest BCUT2D eigenvalue weighted by atomic mass is 16.3. The number of phenols is 2. The molecule has 1 aromatic rings. The van der Waals surface area contributed by atoms with Crippen LogP contribution >= 0.6 is 0 Å². The van der Waals surface area contributed by atoms with Gasteiger partial charge in [0.1, 0.15) is 11.5 Å². The van der Waals surface area contributed by atoms with Crippen LogP contribution in [0.4, 0.5) is 5.69 Å². The fourth-order valence-electron chi connectivity index (χ4n) is 1.49.